The molecule has 0 bridgehead atoms. The third-order valence-electron chi connectivity index (χ3n) is 3.59. The van der Waals surface area contributed by atoms with Gasteiger partial charge < -0.3 is 4.90 Å². The quantitative estimate of drug-likeness (QED) is 0.786. The van der Waals surface area contributed by atoms with Crippen molar-refractivity contribution in [3.05, 3.63) is 35.7 Å². The van der Waals surface area contributed by atoms with Crippen LogP contribution in [0.15, 0.2) is 24.3 Å². The Balaban J connectivity index is 1.99. The highest BCUT2D eigenvalue weighted by atomic mass is 16.2. The Morgan fingerprint density at radius 1 is 1.05 bits per heavy atom. The van der Waals surface area contributed by atoms with Crippen molar-refractivity contribution in [1.82, 2.24) is 14.9 Å². The van der Waals surface area contributed by atoms with E-state index in [4.69, 9.17) is 0 Å². The first kappa shape index (κ1) is 12.1. The number of benzene rings is 1. The number of aromatic nitrogens is 2. The van der Waals surface area contributed by atoms with E-state index < -0.39 is 0 Å². The van der Waals surface area contributed by atoms with Crippen molar-refractivity contribution in [2.24, 2.45) is 0 Å². The van der Waals surface area contributed by atoms with Crippen molar-refractivity contribution < 1.29 is 4.79 Å². The molecule has 0 radical (unpaired) electrons. The second-order valence-corrected chi connectivity index (χ2v) is 5.00. The normalized spacial score (nSPS) is 15.7. The fraction of sp³-hybridized carbons (Fsp3) is 0.400. The number of aryl methyl sites for hydroxylation is 1. The predicted molar refractivity (Wildman–Crippen MR) is 74.0 cm³/mol. The number of hydrogen-bond acceptors (Lipinski definition) is 3. The molecule has 1 fully saturated rings. The number of nitrogens with zero attached hydrogens (tertiary/aromatic N) is 3. The van der Waals surface area contributed by atoms with Gasteiger partial charge >= 0.3 is 0 Å². The van der Waals surface area contributed by atoms with Crippen LogP contribution in [-0.4, -0.2) is 33.9 Å². The van der Waals surface area contributed by atoms with Gasteiger partial charge in [-0.25, -0.2) is 9.97 Å². The molecule has 4 heteroatoms. The number of para-hydroxylation sites is 2. The minimum atomic E-state index is 0.0236. The summed E-state index contributed by atoms with van der Waals surface area (Å²) >= 11 is 0. The summed E-state index contributed by atoms with van der Waals surface area (Å²) in [5.74, 6) is 0.0236. The number of fused-ring (bicyclic) bond motifs is 1. The molecule has 98 valence electrons. The van der Waals surface area contributed by atoms with E-state index in [0.29, 0.717) is 11.4 Å². The van der Waals surface area contributed by atoms with Gasteiger partial charge in [-0.1, -0.05) is 12.1 Å². The Morgan fingerprint density at radius 3 is 2.37 bits per heavy atom. The lowest BCUT2D eigenvalue weighted by atomic mass is 10.1. The van der Waals surface area contributed by atoms with Crippen LogP contribution in [0.1, 0.15) is 35.4 Å². The number of hydrogen-bond donors (Lipinski definition) is 0. The van der Waals surface area contributed by atoms with Crippen LogP contribution in [0, 0.1) is 6.92 Å². The summed E-state index contributed by atoms with van der Waals surface area (Å²) < 4.78 is 0. The van der Waals surface area contributed by atoms with E-state index in [2.05, 4.69) is 9.97 Å². The lowest BCUT2D eigenvalue weighted by Crippen LogP contribution is -2.36. The fourth-order valence-corrected chi connectivity index (χ4v) is 2.54. The Morgan fingerprint density at radius 2 is 1.68 bits per heavy atom. The standard InChI is InChI=1S/C15H17N3O/c1-11-14(15(19)18-9-5-2-6-10-18)17-13-8-4-3-7-12(13)16-11/h3-4,7-8H,2,5-6,9-10H2,1H3. The molecule has 0 unspecified atom stereocenters. The first-order valence-corrected chi connectivity index (χ1v) is 6.78. The number of rotatable bonds is 1. The fourth-order valence-electron chi connectivity index (χ4n) is 2.54. The molecule has 0 atom stereocenters. The van der Waals surface area contributed by atoms with Crippen LogP contribution in [-0.2, 0) is 0 Å². The molecule has 1 aromatic heterocycles. The number of carbonyl (C=O) groups excluding carboxylic acids is 1. The van der Waals surface area contributed by atoms with Gasteiger partial charge in [0.15, 0.2) is 0 Å². The maximum absolute atomic E-state index is 12.5. The molecule has 0 spiro atoms. The molecule has 4 nitrogen and oxygen atoms in total. The number of carbonyl (C=O) groups is 1. The highest BCUT2D eigenvalue weighted by Gasteiger charge is 2.21. The maximum Gasteiger partial charge on any atom is 0.274 e. The van der Waals surface area contributed by atoms with Crippen LogP contribution >= 0.6 is 0 Å². The second-order valence-electron chi connectivity index (χ2n) is 5.00. The minimum absolute atomic E-state index is 0.0236. The number of piperidine rings is 1. The Bertz CT molecular complexity index is 618. The van der Waals surface area contributed by atoms with E-state index in [9.17, 15) is 4.79 Å². The van der Waals surface area contributed by atoms with Gasteiger partial charge in [-0.3, -0.25) is 4.79 Å². The van der Waals surface area contributed by atoms with E-state index >= 15 is 0 Å². The molecule has 1 amide bonds. The molecule has 19 heavy (non-hydrogen) atoms. The molecular weight excluding hydrogens is 238 g/mol. The van der Waals surface area contributed by atoms with Crippen LogP contribution in [0.3, 0.4) is 0 Å². The van der Waals surface area contributed by atoms with Crippen LogP contribution < -0.4 is 0 Å². The minimum Gasteiger partial charge on any atom is -0.337 e. The Labute approximate surface area is 112 Å². The molecule has 0 N–H and O–H groups in total. The van der Waals surface area contributed by atoms with Crippen molar-refractivity contribution in [2.75, 3.05) is 13.1 Å². The van der Waals surface area contributed by atoms with Gasteiger partial charge in [-0.2, -0.15) is 0 Å². The third-order valence-corrected chi connectivity index (χ3v) is 3.59. The van der Waals surface area contributed by atoms with Crippen molar-refractivity contribution in [3.63, 3.8) is 0 Å². The van der Waals surface area contributed by atoms with Gasteiger partial charge in [-0.05, 0) is 38.3 Å². The molecule has 1 saturated heterocycles. The lowest BCUT2D eigenvalue weighted by Gasteiger charge is -2.26. The molecule has 0 aliphatic carbocycles. The molecular formula is C15H17N3O. The lowest BCUT2D eigenvalue weighted by molar-refractivity contribution is 0.0717. The summed E-state index contributed by atoms with van der Waals surface area (Å²) in [5, 5.41) is 0. The summed E-state index contributed by atoms with van der Waals surface area (Å²) in [4.78, 5) is 23.4. The summed E-state index contributed by atoms with van der Waals surface area (Å²) in [5.41, 5.74) is 2.85. The highest BCUT2D eigenvalue weighted by molar-refractivity contribution is 5.95. The van der Waals surface area contributed by atoms with Gasteiger partial charge in [0, 0.05) is 13.1 Å². The highest BCUT2D eigenvalue weighted by Crippen LogP contribution is 2.16. The molecule has 1 aliphatic rings. The summed E-state index contributed by atoms with van der Waals surface area (Å²) in [6.45, 7) is 3.54. The molecule has 0 saturated carbocycles. The summed E-state index contributed by atoms with van der Waals surface area (Å²) in [7, 11) is 0. The molecule has 2 aromatic rings. The van der Waals surface area contributed by atoms with Crippen LogP contribution in [0.25, 0.3) is 11.0 Å². The van der Waals surface area contributed by atoms with E-state index in [-0.39, 0.29) is 5.91 Å². The summed E-state index contributed by atoms with van der Waals surface area (Å²) in [6, 6.07) is 7.67. The number of likely N-dealkylation sites (tertiary alicyclic amines) is 1. The smallest absolute Gasteiger partial charge is 0.274 e. The van der Waals surface area contributed by atoms with Crippen LogP contribution in [0.5, 0.6) is 0 Å². The van der Waals surface area contributed by atoms with Crippen LogP contribution in [0.2, 0.25) is 0 Å². The average Bonchev–Trinajstić information content (AvgIpc) is 2.47. The molecule has 1 aliphatic heterocycles. The average molecular weight is 255 g/mol. The third kappa shape index (κ3) is 2.30. The topological polar surface area (TPSA) is 46.1 Å². The number of amides is 1. The second kappa shape index (κ2) is 4.96. The predicted octanol–water partition coefficient (Wildman–Crippen LogP) is 2.56. The zero-order valence-corrected chi connectivity index (χ0v) is 11.1. The largest absolute Gasteiger partial charge is 0.337 e. The van der Waals surface area contributed by atoms with E-state index in [1.54, 1.807) is 0 Å². The van der Waals surface area contributed by atoms with Gasteiger partial charge in [0.05, 0.1) is 16.7 Å². The molecule has 1 aromatic carbocycles. The molecule has 2 heterocycles. The van der Waals surface area contributed by atoms with Gasteiger partial charge in [-0.15, -0.1) is 0 Å². The summed E-state index contributed by atoms with van der Waals surface area (Å²) in [6.07, 6.45) is 3.39. The maximum atomic E-state index is 12.5. The zero-order chi connectivity index (χ0) is 13.2. The van der Waals surface area contributed by atoms with E-state index in [0.717, 1.165) is 37.0 Å². The van der Waals surface area contributed by atoms with Gasteiger partial charge in [0.1, 0.15) is 5.69 Å². The van der Waals surface area contributed by atoms with Crippen molar-refractivity contribution >= 4 is 16.9 Å². The first-order chi connectivity index (χ1) is 9.25. The SMILES string of the molecule is Cc1nc2ccccc2nc1C(=O)N1CCCCC1. The first-order valence-electron chi connectivity index (χ1n) is 6.78. The molecule has 3 rings (SSSR count). The Hall–Kier alpha value is -1.97. The zero-order valence-electron chi connectivity index (χ0n) is 11.1. The Kier molecular flexibility index (Phi) is 3.15. The van der Waals surface area contributed by atoms with Crippen molar-refractivity contribution in [3.8, 4) is 0 Å². The van der Waals surface area contributed by atoms with Crippen LogP contribution in [0.4, 0.5) is 0 Å². The van der Waals surface area contributed by atoms with Crippen molar-refractivity contribution in [2.45, 2.75) is 26.2 Å². The van der Waals surface area contributed by atoms with E-state index in [1.165, 1.54) is 6.42 Å². The van der Waals surface area contributed by atoms with Gasteiger partial charge in [0.2, 0.25) is 0 Å². The monoisotopic (exact) mass is 255 g/mol. The van der Waals surface area contributed by atoms with Crippen molar-refractivity contribution in [1.29, 1.82) is 0 Å². The van der Waals surface area contributed by atoms with E-state index in [1.807, 2.05) is 36.1 Å². The van der Waals surface area contributed by atoms with Gasteiger partial charge in [0.25, 0.3) is 5.91 Å².